The Morgan fingerprint density at radius 1 is 1.31 bits per heavy atom. The van der Waals surface area contributed by atoms with E-state index in [0.29, 0.717) is 6.54 Å². The maximum Gasteiger partial charge on any atom is 0.270 e. The van der Waals surface area contributed by atoms with Gasteiger partial charge in [0.25, 0.3) is 11.6 Å². The van der Waals surface area contributed by atoms with Gasteiger partial charge in [-0.2, -0.15) is 0 Å². The molecule has 0 aliphatic rings. The molecule has 2 aromatic rings. The van der Waals surface area contributed by atoms with Gasteiger partial charge in [-0.15, -0.1) is 0 Å². The van der Waals surface area contributed by atoms with Crippen LogP contribution in [-0.4, -0.2) is 43.5 Å². The normalized spacial score (nSPS) is 11.9. The van der Waals surface area contributed by atoms with Crippen LogP contribution in [0, 0.1) is 10.1 Å². The fraction of sp³-hybridized carbons (Fsp3) is 0.278. The molecule has 7 nitrogen and oxygen atoms in total. The lowest BCUT2D eigenvalue weighted by atomic mass is 10.1. The molecule has 0 bridgehead atoms. The number of halogens is 1. The van der Waals surface area contributed by atoms with Crippen LogP contribution >= 0.6 is 11.6 Å². The van der Waals surface area contributed by atoms with Gasteiger partial charge in [0.2, 0.25) is 0 Å². The van der Waals surface area contributed by atoms with Crippen molar-refractivity contribution in [1.82, 2.24) is 10.2 Å². The fourth-order valence-corrected chi connectivity index (χ4v) is 2.74. The molecule has 0 heterocycles. The highest BCUT2D eigenvalue weighted by Crippen LogP contribution is 2.24. The summed E-state index contributed by atoms with van der Waals surface area (Å²) in [7, 11) is 5.39. The largest absolute Gasteiger partial charge is 0.497 e. The van der Waals surface area contributed by atoms with Crippen LogP contribution in [0.25, 0.3) is 0 Å². The van der Waals surface area contributed by atoms with Crippen molar-refractivity contribution in [2.75, 3.05) is 27.7 Å². The Morgan fingerprint density at radius 3 is 2.65 bits per heavy atom. The third-order valence-corrected chi connectivity index (χ3v) is 4.29. The van der Waals surface area contributed by atoms with Crippen molar-refractivity contribution in [3.8, 4) is 5.75 Å². The van der Waals surface area contributed by atoms with Crippen LogP contribution in [0.5, 0.6) is 5.75 Å². The van der Waals surface area contributed by atoms with Crippen LogP contribution < -0.4 is 10.1 Å². The minimum Gasteiger partial charge on any atom is -0.497 e. The van der Waals surface area contributed by atoms with Gasteiger partial charge in [-0.25, -0.2) is 0 Å². The molecule has 26 heavy (non-hydrogen) atoms. The quantitative estimate of drug-likeness (QED) is 0.591. The zero-order valence-corrected chi connectivity index (χ0v) is 15.5. The maximum absolute atomic E-state index is 12.5. The second-order valence-electron chi connectivity index (χ2n) is 5.89. The number of hydrogen-bond acceptors (Lipinski definition) is 5. The van der Waals surface area contributed by atoms with Crippen LogP contribution in [0.2, 0.25) is 5.02 Å². The van der Waals surface area contributed by atoms with Gasteiger partial charge in [0.15, 0.2) is 0 Å². The molecule has 0 saturated carbocycles. The maximum atomic E-state index is 12.5. The SMILES string of the molecule is COc1cccc(C(CNC(=O)c2cc([N+](=O)[O-])ccc2Cl)N(C)C)c1. The lowest BCUT2D eigenvalue weighted by molar-refractivity contribution is -0.384. The molecule has 2 aromatic carbocycles. The molecule has 2 rings (SSSR count). The van der Waals surface area contributed by atoms with Crippen molar-refractivity contribution in [1.29, 1.82) is 0 Å². The van der Waals surface area contributed by atoms with Gasteiger partial charge in [-0.1, -0.05) is 23.7 Å². The number of nitro groups is 1. The summed E-state index contributed by atoms with van der Waals surface area (Å²) in [5, 5.41) is 13.9. The number of amides is 1. The predicted octanol–water partition coefficient (Wildman–Crippen LogP) is 3.29. The molecule has 1 amide bonds. The van der Waals surface area contributed by atoms with E-state index < -0.39 is 10.8 Å². The molecule has 1 N–H and O–H groups in total. The molecule has 0 aliphatic heterocycles. The lowest BCUT2D eigenvalue weighted by Crippen LogP contribution is -2.34. The number of benzene rings is 2. The summed E-state index contributed by atoms with van der Waals surface area (Å²) in [6.07, 6.45) is 0. The van der Waals surface area contributed by atoms with E-state index in [-0.39, 0.29) is 22.3 Å². The van der Waals surface area contributed by atoms with Crippen LogP contribution in [0.1, 0.15) is 22.0 Å². The molecule has 138 valence electrons. The van der Waals surface area contributed by atoms with E-state index in [1.165, 1.54) is 18.2 Å². The van der Waals surface area contributed by atoms with Crippen molar-refractivity contribution in [2.45, 2.75) is 6.04 Å². The Hall–Kier alpha value is -2.64. The Kier molecular flexibility index (Phi) is 6.54. The molecular formula is C18H20ClN3O4. The van der Waals surface area contributed by atoms with Gasteiger partial charge in [0.1, 0.15) is 5.75 Å². The van der Waals surface area contributed by atoms with Gasteiger partial charge in [0, 0.05) is 18.7 Å². The first-order valence-corrected chi connectivity index (χ1v) is 8.23. The fourth-order valence-electron chi connectivity index (χ4n) is 2.53. The zero-order chi connectivity index (χ0) is 19.3. The van der Waals surface area contributed by atoms with E-state index in [9.17, 15) is 14.9 Å². The smallest absolute Gasteiger partial charge is 0.270 e. The molecule has 1 atom stereocenters. The first-order valence-electron chi connectivity index (χ1n) is 7.86. The van der Waals surface area contributed by atoms with E-state index in [1.54, 1.807) is 7.11 Å². The number of likely N-dealkylation sites (N-methyl/N-ethyl adjacent to an activating group) is 1. The van der Waals surface area contributed by atoms with E-state index in [4.69, 9.17) is 16.3 Å². The van der Waals surface area contributed by atoms with Crippen LogP contribution in [0.4, 0.5) is 5.69 Å². The highest BCUT2D eigenvalue weighted by atomic mass is 35.5. The number of rotatable bonds is 7. The van der Waals surface area contributed by atoms with E-state index in [0.717, 1.165) is 11.3 Å². The average molecular weight is 378 g/mol. The van der Waals surface area contributed by atoms with E-state index in [2.05, 4.69) is 5.32 Å². The molecule has 1 unspecified atom stereocenters. The van der Waals surface area contributed by atoms with Crippen molar-refractivity contribution in [2.24, 2.45) is 0 Å². The van der Waals surface area contributed by atoms with Gasteiger partial charge in [-0.05, 0) is 37.9 Å². The van der Waals surface area contributed by atoms with Crippen LogP contribution in [0.15, 0.2) is 42.5 Å². The number of nitrogens with one attached hydrogen (secondary N) is 1. The summed E-state index contributed by atoms with van der Waals surface area (Å²) in [6.45, 7) is 0.304. The Bertz CT molecular complexity index is 811. The van der Waals surface area contributed by atoms with E-state index >= 15 is 0 Å². The molecule has 0 aliphatic carbocycles. The third kappa shape index (κ3) is 4.71. The molecule has 0 aromatic heterocycles. The Morgan fingerprint density at radius 2 is 2.04 bits per heavy atom. The van der Waals surface area contributed by atoms with Gasteiger partial charge < -0.3 is 15.0 Å². The number of non-ortho nitro benzene ring substituents is 1. The van der Waals surface area contributed by atoms with Crippen molar-refractivity contribution in [3.05, 3.63) is 68.7 Å². The minimum atomic E-state index is -0.564. The molecule has 8 heteroatoms. The topological polar surface area (TPSA) is 84.7 Å². The summed E-state index contributed by atoms with van der Waals surface area (Å²) in [6, 6.07) is 11.2. The zero-order valence-electron chi connectivity index (χ0n) is 14.7. The molecule has 0 radical (unpaired) electrons. The summed E-state index contributed by atoms with van der Waals surface area (Å²) in [5.41, 5.74) is 0.861. The second-order valence-corrected chi connectivity index (χ2v) is 6.29. The molecular weight excluding hydrogens is 358 g/mol. The van der Waals surface area contributed by atoms with Crippen molar-refractivity contribution < 1.29 is 14.5 Å². The highest BCUT2D eigenvalue weighted by Gasteiger charge is 2.19. The second kappa shape index (κ2) is 8.64. The first-order chi connectivity index (χ1) is 12.3. The number of hydrogen-bond donors (Lipinski definition) is 1. The first kappa shape index (κ1) is 19.7. The number of nitro benzene ring substituents is 1. The van der Waals surface area contributed by atoms with Gasteiger partial charge in [-0.3, -0.25) is 14.9 Å². The van der Waals surface area contributed by atoms with Crippen molar-refractivity contribution >= 4 is 23.2 Å². The Labute approximate surface area is 156 Å². The molecule has 0 saturated heterocycles. The summed E-state index contributed by atoms with van der Waals surface area (Å²) >= 11 is 6.02. The monoisotopic (exact) mass is 377 g/mol. The summed E-state index contributed by atoms with van der Waals surface area (Å²) in [4.78, 5) is 24.8. The molecule has 0 spiro atoms. The van der Waals surface area contributed by atoms with Crippen LogP contribution in [-0.2, 0) is 0 Å². The number of nitrogens with zero attached hydrogens (tertiary/aromatic N) is 2. The predicted molar refractivity (Wildman–Crippen MR) is 99.9 cm³/mol. The average Bonchev–Trinajstić information content (AvgIpc) is 2.61. The van der Waals surface area contributed by atoms with Crippen LogP contribution in [0.3, 0.4) is 0 Å². The van der Waals surface area contributed by atoms with Gasteiger partial charge >= 0.3 is 0 Å². The number of methoxy groups -OCH3 is 1. The van der Waals surface area contributed by atoms with Gasteiger partial charge in [0.05, 0.1) is 28.7 Å². The number of carbonyl (C=O) groups is 1. The number of carbonyl (C=O) groups excluding carboxylic acids is 1. The highest BCUT2D eigenvalue weighted by molar-refractivity contribution is 6.33. The van der Waals surface area contributed by atoms with Crippen molar-refractivity contribution in [3.63, 3.8) is 0 Å². The number of ether oxygens (including phenoxy) is 1. The summed E-state index contributed by atoms with van der Waals surface area (Å²) < 4.78 is 5.24. The third-order valence-electron chi connectivity index (χ3n) is 3.96. The lowest BCUT2D eigenvalue weighted by Gasteiger charge is -2.25. The molecule has 0 fully saturated rings. The minimum absolute atomic E-state index is 0.0732. The summed E-state index contributed by atoms with van der Waals surface area (Å²) in [5.74, 6) is 0.260. The standard InChI is InChI=1S/C18H20ClN3O4/c1-21(2)17(12-5-4-6-14(9-12)26-3)11-20-18(23)15-10-13(22(24)25)7-8-16(15)19/h4-10,17H,11H2,1-3H3,(H,20,23). The van der Waals surface area contributed by atoms with E-state index in [1.807, 2.05) is 43.3 Å². The Balaban J connectivity index is 2.17.